The van der Waals surface area contributed by atoms with Crippen molar-refractivity contribution in [2.75, 3.05) is 0 Å². The molecule has 0 amide bonds. The van der Waals surface area contributed by atoms with Gasteiger partial charge in [0.2, 0.25) is 0 Å². The number of benzene rings is 2. The Balaban J connectivity index is 2.29. The molecule has 1 aromatic heterocycles. The number of nitrogens with zero attached hydrogens (tertiary/aromatic N) is 2. The quantitative estimate of drug-likeness (QED) is 0.591. The van der Waals surface area contributed by atoms with Gasteiger partial charge in [0.25, 0.3) is 0 Å². The van der Waals surface area contributed by atoms with Crippen molar-refractivity contribution in [3.05, 3.63) is 58.9 Å². The van der Waals surface area contributed by atoms with Gasteiger partial charge in [-0.05, 0) is 36.2 Å². The summed E-state index contributed by atoms with van der Waals surface area (Å²) in [6.45, 7) is 2.19. The van der Waals surface area contributed by atoms with Crippen molar-refractivity contribution in [3.8, 4) is 5.69 Å². The molecule has 0 spiro atoms. The van der Waals surface area contributed by atoms with Gasteiger partial charge < -0.3 is 0 Å². The third-order valence-electron chi connectivity index (χ3n) is 3.56. The summed E-state index contributed by atoms with van der Waals surface area (Å²) >= 11 is 12.2. The SMILES string of the molecule is CCCc1ccccc1-n1c(CCl)nc2cc(Cl)ccc21. The molecule has 3 aromatic rings. The average molecular weight is 319 g/mol. The van der Waals surface area contributed by atoms with E-state index in [0.29, 0.717) is 10.9 Å². The molecule has 0 radical (unpaired) electrons. The van der Waals surface area contributed by atoms with Crippen LogP contribution in [0.3, 0.4) is 0 Å². The summed E-state index contributed by atoms with van der Waals surface area (Å²) in [4.78, 5) is 4.62. The molecule has 108 valence electrons. The van der Waals surface area contributed by atoms with Crippen LogP contribution >= 0.6 is 23.2 Å². The minimum Gasteiger partial charge on any atom is -0.295 e. The van der Waals surface area contributed by atoms with Crippen LogP contribution in [0.1, 0.15) is 24.7 Å². The van der Waals surface area contributed by atoms with Crippen molar-refractivity contribution in [1.82, 2.24) is 9.55 Å². The third kappa shape index (κ3) is 2.66. The Morgan fingerprint density at radius 1 is 1.14 bits per heavy atom. The molecule has 0 saturated heterocycles. The van der Waals surface area contributed by atoms with Crippen molar-refractivity contribution in [2.45, 2.75) is 25.6 Å². The lowest BCUT2D eigenvalue weighted by molar-refractivity contribution is 0.889. The highest BCUT2D eigenvalue weighted by molar-refractivity contribution is 6.31. The molecule has 0 aliphatic rings. The molecule has 2 aromatic carbocycles. The van der Waals surface area contributed by atoms with Gasteiger partial charge in [-0.15, -0.1) is 11.6 Å². The summed E-state index contributed by atoms with van der Waals surface area (Å²) in [6, 6.07) is 14.2. The predicted molar refractivity (Wildman–Crippen MR) is 89.6 cm³/mol. The molecule has 1 heterocycles. The van der Waals surface area contributed by atoms with E-state index >= 15 is 0 Å². The molecule has 0 saturated carbocycles. The highest BCUT2D eigenvalue weighted by Gasteiger charge is 2.14. The van der Waals surface area contributed by atoms with Gasteiger partial charge in [0.1, 0.15) is 5.82 Å². The first kappa shape index (κ1) is 14.4. The molecule has 2 nitrogen and oxygen atoms in total. The van der Waals surface area contributed by atoms with Crippen molar-refractivity contribution >= 4 is 34.2 Å². The summed E-state index contributed by atoms with van der Waals surface area (Å²) in [5.41, 5.74) is 4.38. The Morgan fingerprint density at radius 3 is 2.71 bits per heavy atom. The fourth-order valence-electron chi connectivity index (χ4n) is 2.67. The van der Waals surface area contributed by atoms with Gasteiger partial charge in [-0.2, -0.15) is 0 Å². The highest BCUT2D eigenvalue weighted by atomic mass is 35.5. The highest BCUT2D eigenvalue weighted by Crippen LogP contribution is 2.27. The first-order valence-corrected chi connectivity index (χ1v) is 7.97. The van der Waals surface area contributed by atoms with Gasteiger partial charge in [-0.1, -0.05) is 43.1 Å². The van der Waals surface area contributed by atoms with Crippen LogP contribution in [0.2, 0.25) is 5.02 Å². The lowest BCUT2D eigenvalue weighted by atomic mass is 10.1. The molecule has 4 heteroatoms. The number of para-hydroxylation sites is 1. The maximum Gasteiger partial charge on any atom is 0.129 e. The topological polar surface area (TPSA) is 17.8 Å². The van der Waals surface area contributed by atoms with E-state index in [1.807, 2.05) is 24.3 Å². The van der Waals surface area contributed by atoms with Crippen LogP contribution in [0.5, 0.6) is 0 Å². The second kappa shape index (κ2) is 6.08. The van der Waals surface area contributed by atoms with Crippen molar-refractivity contribution < 1.29 is 0 Å². The molecule has 0 unspecified atom stereocenters. The zero-order valence-electron chi connectivity index (χ0n) is 11.8. The van der Waals surface area contributed by atoms with Crippen molar-refractivity contribution in [2.24, 2.45) is 0 Å². The number of hydrogen-bond donors (Lipinski definition) is 0. The van der Waals surface area contributed by atoms with E-state index in [1.54, 1.807) is 0 Å². The molecule has 0 fully saturated rings. The molecule has 0 aliphatic carbocycles. The smallest absolute Gasteiger partial charge is 0.129 e. The Hall–Kier alpha value is -1.51. The number of rotatable bonds is 4. The van der Waals surface area contributed by atoms with Crippen LogP contribution in [0.4, 0.5) is 0 Å². The summed E-state index contributed by atoms with van der Waals surface area (Å²) in [6.07, 6.45) is 2.14. The summed E-state index contributed by atoms with van der Waals surface area (Å²) in [5.74, 6) is 1.21. The van der Waals surface area contributed by atoms with Gasteiger partial charge in [0, 0.05) is 5.02 Å². The normalized spacial score (nSPS) is 11.2. The number of halogens is 2. The molecule has 0 aliphatic heterocycles. The minimum atomic E-state index is 0.368. The Kier molecular flexibility index (Phi) is 4.18. The van der Waals surface area contributed by atoms with Crippen LogP contribution in [0.15, 0.2) is 42.5 Å². The number of imidazole rings is 1. The summed E-state index contributed by atoms with van der Waals surface area (Å²) in [5, 5.41) is 0.690. The standard InChI is InChI=1S/C17H16Cl2N2/c1-2-5-12-6-3-4-7-15(12)21-16-9-8-13(19)10-14(16)20-17(21)11-18/h3-4,6-10H,2,5,11H2,1H3. The number of alkyl halides is 1. The molecule has 0 atom stereocenters. The second-order valence-electron chi connectivity index (χ2n) is 5.01. The zero-order valence-corrected chi connectivity index (χ0v) is 13.3. The van der Waals surface area contributed by atoms with E-state index in [-0.39, 0.29) is 0 Å². The zero-order chi connectivity index (χ0) is 14.8. The molecule has 0 bridgehead atoms. The van der Waals surface area contributed by atoms with E-state index in [1.165, 1.54) is 5.56 Å². The van der Waals surface area contributed by atoms with Crippen molar-refractivity contribution in [3.63, 3.8) is 0 Å². The van der Waals surface area contributed by atoms with Crippen LogP contribution in [0.25, 0.3) is 16.7 Å². The Bertz CT molecular complexity index is 778. The minimum absolute atomic E-state index is 0.368. The summed E-state index contributed by atoms with van der Waals surface area (Å²) in [7, 11) is 0. The summed E-state index contributed by atoms with van der Waals surface area (Å²) < 4.78 is 2.14. The van der Waals surface area contributed by atoms with E-state index in [4.69, 9.17) is 23.2 Å². The number of fused-ring (bicyclic) bond motifs is 1. The van der Waals surface area contributed by atoms with E-state index in [2.05, 4.69) is 34.7 Å². The van der Waals surface area contributed by atoms with Crippen LogP contribution in [-0.4, -0.2) is 9.55 Å². The lowest BCUT2D eigenvalue weighted by Gasteiger charge is -2.13. The number of aromatic nitrogens is 2. The largest absolute Gasteiger partial charge is 0.295 e. The lowest BCUT2D eigenvalue weighted by Crippen LogP contribution is -2.03. The van der Waals surface area contributed by atoms with Gasteiger partial charge >= 0.3 is 0 Å². The van der Waals surface area contributed by atoms with Gasteiger partial charge in [-0.25, -0.2) is 4.98 Å². The van der Waals surface area contributed by atoms with Crippen LogP contribution in [-0.2, 0) is 12.3 Å². The van der Waals surface area contributed by atoms with E-state index in [9.17, 15) is 0 Å². The van der Waals surface area contributed by atoms with Crippen LogP contribution < -0.4 is 0 Å². The fraction of sp³-hybridized carbons (Fsp3) is 0.235. The second-order valence-corrected chi connectivity index (χ2v) is 5.71. The molecular formula is C17H16Cl2N2. The maximum atomic E-state index is 6.11. The Labute approximate surface area is 134 Å². The average Bonchev–Trinajstić information content (AvgIpc) is 2.85. The predicted octanol–water partition coefficient (Wildman–Crippen LogP) is 5.37. The van der Waals surface area contributed by atoms with Gasteiger partial charge in [0.05, 0.1) is 22.6 Å². The monoisotopic (exact) mass is 318 g/mol. The number of aryl methyl sites for hydroxylation is 1. The Morgan fingerprint density at radius 2 is 1.95 bits per heavy atom. The van der Waals surface area contributed by atoms with Gasteiger partial charge in [0.15, 0.2) is 0 Å². The van der Waals surface area contributed by atoms with E-state index in [0.717, 1.165) is 35.4 Å². The number of hydrogen-bond acceptors (Lipinski definition) is 1. The molecular weight excluding hydrogens is 303 g/mol. The first-order chi connectivity index (χ1) is 10.2. The first-order valence-electron chi connectivity index (χ1n) is 7.05. The van der Waals surface area contributed by atoms with Gasteiger partial charge in [-0.3, -0.25) is 4.57 Å². The molecule has 0 N–H and O–H groups in total. The fourth-order valence-corrected chi connectivity index (χ4v) is 3.02. The molecule has 3 rings (SSSR count). The maximum absolute atomic E-state index is 6.11. The van der Waals surface area contributed by atoms with E-state index < -0.39 is 0 Å². The van der Waals surface area contributed by atoms with Crippen molar-refractivity contribution in [1.29, 1.82) is 0 Å². The third-order valence-corrected chi connectivity index (χ3v) is 4.03. The molecule has 21 heavy (non-hydrogen) atoms. The van der Waals surface area contributed by atoms with Crippen LogP contribution in [0, 0.1) is 0 Å².